The lowest BCUT2D eigenvalue weighted by Gasteiger charge is -2.07. The quantitative estimate of drug-likeness (QED) is 0.638. The Hall–Kier alpha value is -3.03. The second-order valence-corrected chi connectivity index (χ2v) is 4.24. The molecule has 0 radical (unpaired) electrons. The normalized spacial score (nSPS) is 10.1. The number of anilines is 1. The molecule has 0 fully saturated rings. The van der Waals surface area contributed by atoms with Gasteiger partial charge in [0, 0.05) is 24.4 Å². The molecule has 0 aliphatic heterocycles. The maximum Gasteiger partial charge on any atom is 0.339 e. The summed E-state index contributed by atoms with van der Waals surface area (Å²) in [7, 11) is 0. The predicted molar refractivity (Wildman–Crippen MR) is 74.2 cm³/mol. The number of hydrogen-bond donors (Lipinski definition) is 2. The van der Waals surface area contributed by atoms with Crippen molar-refractivity contribution < 1.29 is 14.8 Å². The van der Waals surface area contributed by atoms with Crippen LogP contribution < -0.4 is 5.32 Å². The van der Waals surface area contributed by atoms with Crippen molar-refractivity contribution in [3.8, 4) is 0 Å². The minimum atomic E-state index is -1.10. The van der Waals surface area contributed by atoms with E-state index in [0.29, 0.717) is 11.3 Å². The first-order valence-electron chi connectivity index (χ1n) is 6.02. The molecule has 0 atom stereocenters. The van der Waals surface area contributed by atoms with E-state index in [4.69, 9.17) is 5.11 Å². The van der Waals surface area contributed by atoms with Crippen molar-refractivity contribution in [3.63, 3.8) is 0 Å². The highest BCUT2D eigenvalue weighted by atomic mass is 16.6. The Morgan fingerprint density at radius 1 is 1.43 bits per heavy atom. The van der Waals surface area contributed by atoms with Crippen molar-refractivity contribution in [2.45, 2.75) is 13.5 Å². The fraction of sp³-hybridized carbons (Fsp3) is 0.154. The number of para-hydroxylation sites is 1. The van der Waals surface area contributed by atoms with Gasteiger partial charge in [0.15, 0.2) is 0 Å². The molecule has 0 saturated carbocycles. The summed E-state index contributed by atoms with van der Waals surface area (Å²) in [6, 6.07) is 6.33. The number of carbonyl (C=O) groups is 1. The number of hydrogen-bond acceptors (Lipinski definition) is 6. The topological polar surface area (TPSA) is 118 Å². The summed E-state index contributed by atoms with van der Waals surface area (Å²) >= 11 is 0. The van der Waals surface area contributed by atoms with E-state index in [2.05, 4.69) is 15.3 Å². The zero-order valence-corrected chi connectivity index (χ0v) is 11.1. The smallest absolute Gasteiger partial charge is 0.339 e. The second kappa shape index (κ2) is 5.95. The standard InChI is InChI=1S/C13H12N4O4/c1-8-10(12(18)19)7-15-13(16-8)14-6-9-4-2-3-5-11(9)17(20)21/h2-5,7H,6H2,1H3,(H,18,19)(H,14,15,16). The third-order valence-electron chi connectivity index (χ3n) is 2.84. The van der Waals surface area contributed by atoms with Gasteiger partial charge >= 0.3 is 5.97 Å². The molecule has 0 spiro atoms. The number of rotatable bonds is 5. The fourth-order valence-electron chi connectivity index (χ4n) is 1.77. The molecule has 0 amide bonds. The van der Waals surface area contributed by atoms with Crippen LogP contribution in [0.3, 0.4) is 0 Å². The van der Waals surface area contributed by atoms with Crippen LogP contribution in [0.15, 0.2) is 30.5 Å². The van der Waals surface area contributed by atoms with Gasteiger partial charge in [-0.2, -0.15) is 0 Å². The zero-order chi connectivity index (χ0) is 15.4. The molecule has 8 heteroatoms. The van der Waals surface area contributed by atoms with Crippen LogP contribution in [0.5, 0.6) is 0 Å². The van der Waals surface area contributed by atoms with E-state index in [9.17, 15) is 14.9 Å². The van der Waals surface area contributed by atoms with Crippen LogP contribution in [0.25, 0.3) is 0 Å². The first kappa shape index (κ1) is 14.4. The molecule has 0 aliphatic carbocycles. The molecule has 2 rings (SSSR count). The average molecular weight is 288 g/mol. The number of nitrogens with one attached hydrogen (secondary N) is 1. The van der Waals surface area contributed by atoms with Crippen molar-refractivity contribution in [3.05, 3.63) is 57.4 Å². The Morgan fingerprint density at radius 2 is 2.14 bits per heavy atom. The van der Waals surface area contributed by atoms with E-state index in [1.165, 1.54) is 12.3 Å². The Bertz CT molecular complexity index is 702. The fourth-order valence-corrected chi connectivity index (χ4v) is 1.77. The van der Waals surface area contributed by atoms with E-state index in [1.54, 1.807) is 25.1 Å². The highest BCUT2D eigenvalue weighted by molar-refractivity contribution is 5.88. The van der Waals surface area contributed by atoms with Crippen molar-refractivity contribution >= 4 is 17.6 Å². The predicted octanol–water partition coefficient (Wildman–Crippen LogP) is 2.00. The third-order valence-corrected chi connectivity index (χ3v) is 2.84. The average Bonchev–Trinajstić information content (AvgIpc) is 2.45. The van der Waals surface area contributed by atoms with Crippen molar-refractivity contribution in [2.24, 2.45) is 0 Å². The van der Waals surface area contributed by atoms with Crippen LogP contribution in [0.4, 0.5) is 11.6 Å². The zero-order valence-electron chi connectivity index (χ0n) is 11.1. The number of benzene rings is 1. The number of carboxylic acids is 1. The SMILES string of the molecule is Cc1nc(NCc2ccccc2[N+](=O)[O-])ncc1C(=O)O. The third kappa shape index (κ3) is 3.30. The van der Waals surface area contributed by atoms with Crippen LogP contribution in [-0.2, 0) is 6.54 Å². The molecule has 8 nitrogen and oxygen atoms in total. The van der Waals surface area contributed by atoms with Crippen LogP contribution in [0, 0.1) is 17.0 Å². The Balaban J connectivity index is 2.16. The lowest BCUT2D eigenvalue weighted by molar-refractivity contribution is -0.385. The van der Waals surface area contributed by atoms with Gasteiger partial charge in [0.2, 0.25) is 5.95 Å². The van der Waals surface area contributed by atoms with Gasteiger partial charge in [-0.15, -0.1) is 0 Å². The Labute approximate surface area is 119 Å². The van der Waals surface area contributed by atoms with Gasteiger partial charge < -0.3 is 10.4 Å². The monoisotopic (exact) mass is 288 g/mol. The summed E-state index contributed by atoms with van der Waals surface area (Å²) in [5.41, 5.74) is 0.837. The highest BCUT2D eigenvalue weighted by Gasteiger charge is 2.13. The second-order valence-electron chi connectivity index (χ2n) is 4.24. The number of nitro groups is 1. The van der Waals surface area contributed by atoms with Crippen molar-refractivity contribution in [1.29, 1.82) is 0 Å². The lowest BCUT2D eigenvalue weighted by atomic mass is 10.2. The molecule has 21 heavy (non-hydrogen) atoms. The summed E-state index contributed by atoms with van der Waals surface area (Å²) in [5.74, 6) is -0.881. The van der Waals surface area contributed by atoms with Gasteiger partial charge in [0.25, 0.3) is 5.69 Å². The van der Waals surface area contributed by atoms with Crippen LogP contribution in [0.2, 0.25) is 0 Å². The van der Waals surface area contributed by atoms with Gasteiger partial charge in [-0.1, -0.05) is 18.2 Å². The molecular weight excluding hydrogens is 276 g/mol. The first-order valence-corrected chi connectivity index (χ1v) is 6.02. The molecule has 2 N–H and O–H groups in total. The number of aryl methyl sites for hydroxylation is 1. The van der Waals surface area contributed by atoms with Crippen LogP contribution in [-0.4, -0.2) is 26.0 Å². The summed E-state index contributed by atoms with van der Waals surface area (Å²) in [5, 5.41) is 22.6. The van der Waals surface area contributed by atoms with E-state index < -0.39 is 10.9 Å². The summed E-state index contributed by atoms with van der Waals surface area (Å²) < 4.78 is 0. The number of nitro benzene ring substituents is 1. The minimum absolute atomic E-state index is 0.00359. The summed E-state index contributed by atoms with van der Waals surface area (Å²) in [4.78, 5) is 29.2. The van der Waals surface area contributed by atoms with E-state index in [1.807, 2.05) is 0 Å². The van der Waals surface area contributed by atoms with Gasteiger partial charge in [0.05, 0.1) is 16.2 Å². The molecule has 0 saturated heterocycles. The van der Waals surface area contributed by atoms with Crippen LogP contribution >= 0.6 is 0 Å². The summed E-state index contributed by atoms with van der Waals surface area (Å²) in [6.45, 7) is 1.73. The molecular formula is C13H12N4O4. The maximum atomic E-state index is 10.9. The molecule has 1 aromatic heterocycles. The number of carboxylic acid groups (broad SMARTS) is 1. The van der Waals surface area contributed by atoms with Gasteiger partial charge in [-0.05, 0) is 6.92 Å². The highest BCUT2D eigenvalue weighted by Crippen LogP contribution is 2.18. The summed E-state index contributed by atoms with van der Waals surface area (Å²) in [6.07, 6.45) is 1.20. The Morgan fingerprint density at radius 3 is 2.76 bits per heavy atom. The van der Waals surface area contributed by atoms with Gasteiger partial charge in [0.1, 0.15) is 0 Å². The van der Waals surface area contributed by atoms with Gasteiger partial charge in [-0.25, -0.2) is 14.8 Å². The molecule has 0 aliphatic rings. The first-order chi connectivity index (χ1) is 9.99. The van der Waals surface area contributed by atoms with E-state index >= 15 is 0 Å². The lowest BCUT2D eigenvalue weighted by Crippen LogP contribution is -2.09. The van der Waals surface area contributed by atoms with Crippen LogP contribution in [0.1, 0.15) is 21.6 Å². The van der Waals surface area contributed by atoms with Gasteiger partial charge in [-0.3, -0.25) is 10.1 Å². The molecule has 0 unspecified atom stereocenters. The molecule has 1 heterocycles. The number of nitrogens with zero attached hydrogens (tertiary/aromatic N) is 3. The molecule has 1 aromatic carbocycles. The Kier molecular flexibility index (Phi) is 4.07. The molecule has 2 aromatic rings. The van der Waals surface area contributed by atoms with Crippen molar-refractivity contribution in [2.75, 3.05) is 5.32 Å². The van der Waals surface area contributed by atoms with E-state index in [0.717, 1.165) is 0 Å². The largest absolute Gasteiger partial charge is 0.478 e. The van der Waals surface area contributed by atoms with Crippen molar-refractivity contribution in [1.82, 2.24) is 9.97 Å². The molecule has 108 valence electrons. The molecule has 0 bridgehead atoms. The minimum Gasteiger partial charge on any atom is -0.478 e. The number of aromatic carboxylic acids is 1. The van der Waals surface area contributed by atoms with E-state index in [-0.39, 0.29) is 23.7 Å². The maximum absolute atomic E-state index is 10.9. The number of aromatic nitrogens is 2.